The highest BCUT2D eigenvalue weighted by atomic mass is 32.2. The summed E-state index contributed by atoms with van der Waals surface area (Å²) in [6.45, 7) is 2.11. The quantitative estimate of drug-likeness (QED) is 0.630. The average molecular weight is 234 g/mol. The fraction of sp³-hybridized carbons (Fsp3) is 0.385. The fourth-order valence-corrected chi connectivity index (χ4v) is 3.92. The summed E-state index contributed by atoms with van der Waals surface area (Å²) in [5.74, 6) is 9.13. The van der Waals surface area contributed by atoms with Gasteiger partial charge in [0.25, 0.3) is 0 Å². The van der Waals surface area contributed by atoms with E-state index in [9.17, 15) is 0 Å². The molecule has 1 aromatic rings. The van der Waals surface area contributed by atoms with E-state index in [4.69, 9.17) is 0 Å². The third-order valence-corrected chi connectivity index (χ3v) is 4.89. The Kier molecular flexibility index (Phi) is 4.05. The Labute approximate surface area is 100 Å². The van der Waals surface area contributed by atoms with Crippen LogP contribution in [-0.4, -0.2) is 16.1 Å². The summed E-state index contributed by atoms with van der Waals surface area (Å²) in [7, 11) is 0. The number of rotatable bonds is 0. The zero-order valence-corrected chi connectivity index (χ0v) is 10.5. The van der Waals surface area contributed by atoms with E-state index in [1.54, 1.807) is 0 Å². The van der Waals surface area contributed by atoms with E-state index in [2.05, 4.69) is 43.0 Å². The van der Waals surface area contributed by atoms with Crippen LogP contribution in [0.5, 0.6) is 0 Å². The molecule has 0 atom stereocenters. The summed E-state index contributed by atoms with van der Waals surface area (Å²) in [5, 5.41) is 0. The Morgan fingerprint density at radius 1 is 1.27 bits per heavy atom. The third-order valence-electron chi connectivity index (χ3n) is 2.18. The Morgan fingerprint density at radius 3 is 2.80 bits per heavy atom. The van der Waals surface area contributed by atoms with Crippen LogP contribution in [0.3, 0.4) is 0 Å². The largest absolute Gasteiger partial charge is 0.135 e. The molecule has 0 aromatic heterocycles. The summed E-state index contributed by atoms with van der Waals surface area (Å²) in [6.07, 6.45) is 1.33. The molecule has 78 valence electrons. The van der Waals surface area contributed by atoms with E-state index in [1.807, 2.05) is 23.5 Å². The lowest BCUT2D eigenvalue weighted by Crippen LogP contribution is -2.03. The molecule has 0 bridgehead atoms. The highest BCUT2D eigenvalue weighted by Gasteiger charge is 2.10. The van der Waals surface area contributed by atoms with Crippen molar-refractivity contribution in [3.05, 3.63) is 35.4 Å². The van der Waals surface area contributed by atoms with Gasteiger partial charge in [-0.2, -0.15) is 0 Å². The average Bonchev–Trinajstić information content (AvgIpc) is 2.28. The first-order valence-electron chi connectivity index (χ1n) is 5.16. The summed E-state index contributed by atoms with van der Waals surface area (Å²) in [6, 6.07) is 8.40. The van der Waals surface area contributed by atoms with E-state index in [1.165, 1.54) is 23.5 Å². The van der Waals surface area contributed by atoms with Gasteiger partial charge in [-0.3, -0.25) is 0 Å². The normalized spacial score (nSPS) is 16.9. The van der Waals surface area contributed by atoms with Crippen LogP contribution in [0, 0.1) is 18.8 Å². The van der Waals surface area contributed by atoms with Gasteiger partial charge in [0.1, 0.15) is 4.58 Å². The summed E-state index contributed by atoms with van der Waals surface area (Å²) in [5.41, 5.74) is 2.42. The maximum atomic E-state index is 3.34. The first-order valence-corrected chi connectivity index (χ1v) is 7.26. The smallest absolute Gasteiger partial charge is 0.111 e. The van der Waals surface area contributed by atoms with Gasteiger partial charge in [-0.25, -0.2) is 0 Å². The van der Waals surface area contributed by atoms with Gasteiger partial charge in [-0.05, 0) is 42.5 Å². The molecular formula is C13H14S2. The minimum absolute atomic E-state index is 0.485. The number of thioether (sulfide) groups is 2. The Balaban J connectivity index is 2.03. The van der Waals surface area contributed by atoms with Crippen molar-refractivity contribution in [3.63, 3.8) is 0 Å². The van der Waals surface area contributed by atoms with E-state index >= 15 is 0 Å². The van der Waals surface area contributed by atoms with Crippen molar-refractivity contribution in [3.8, 4) is 11.8 Å². The van der Waals surface area contributed by atoms with Crippen LogP contribution in [0.15, 0.2) is 24.3 Å². The van der Waals surface area contributed by atoms with Gasteiger partial charge in [0, 0.05) is 5.56 Å². The number of benzene rings is 1. The van der Waals surface area contributed by atoms with Gasteiger partial charge in [-0.1, -0.05) is 24.0 Å². The predicted molar refractivity (Wildman–Crippen MR) is 71.4 cm³/mol. The topological polar surface area (TPSA) is 0 Å². The van der Waals surface area contributed by atoms with Crippen molar-refractivity contribution < 1.29 is 0 Å². The second kappa shape index (κ2) is 5.53. The molecule has 1 heterocycles. The molecule has 0 radical (unpaired) electrons. The van der Waals surface area contributed by atoms with E-state index in [0.29, 0.717) is 4.58 Å². The summed E-state index contributed by atoms with van der Waals surface area (Å²) in [4.78, 5) is 0. The van der Waals surface area contributed by atoms with Crippen molar-refractivity contribution in [2.45, 2.75) is 17.9 Å². The van der Waals surface area contributed by atoms with Gasteiger partial charge in [0.05, 0.1) is 0 Å². The van der Waals surface area contributed by atoms with Crippen LogP contribution in [0.4, 0.5) is 0 Å². The highest BCUT2D eigenvalue weighted by molar-refractivity contribution is 8.17. The molecule has 0 amide bonds. The molecule has 0 nitrogen and oxygen atoms in total. The Morgan fingerprint density at radius 2 is 2.07 bits per heavy atom. The molecule has 0 unspecified atom stereocenters. The van der Waals surface area contributed by atoms with Crippen LogP contribution in [0.25, 0.3) is 0 Å². The van der Waals surface area contributed by atoms with E-state index < -0.39 is 0 Å². The minimum Gasteiger partial charge on any atom is -0.135 e. The number of hydrogen-bond donors (Lipinski definition) is 0. The lowest BCUT2D eigenvalue weighted by Gasteiger charge is -2.14. The van der Waals surface area contributed by atoms with Crippen LogP contribution >= 0.6 is 23.5 Å². The molecule has 2 rings (SSSR count). The van der Waals surface area contributed by atoms with Crippen molar-refractivity contribution in [2.24, 2.45) is 0 Å². The number of hydrogen-bond acceptors (Lipinski definition) is 2. The van der Waals surface area contributed by atoms with E-state index in [0.717, 1.165) is 5.56 Å². The monoisotopic (exact) mass is 234 g/mol. The molecule has 0 spiro atoms. The summed E-state index contributed by atoms with van der Waals surface area (Å²) >= 11 is 3.95. The second-order valence-electron chi connectivity index (χ2n) is 3.57. The van der Waals surface area contributed by atoms with Gasteiger partial charge < -0.3 is 0 Å². The molecule has 1 fully saturated rings. The van der Waals surface area contributed by atoms with Crippen molar-refractivity contribution in [1.29, 1.82) is 0 Å². The molecule has 15 heavy (non-hydrogen) atoms. The van der Waals surface area contributed by atoms with Crippen molar-refractivity contribution >= 4 is 23.5 Å². The van der Waals surface area contributed by atoms with Crippen LogP contribution in [-0.2, 0) is 0 Å². The minimum atomic E-state index is 0.485. The molecule has 1 aromatic carbocycles. The van der Waals surface area contributed by atoms with Gasteiger partial charge >= 0.3 is 0 Å². The van der Waals surface area contributed by atoms with Crippen molar-refractivity contribution in [2.75, 3.05) is 11.5 Å². The van der Waals surface area contributed by atoms with E-state index in [-0.39, 0.29) is 0 Å². The molecule has 0 aliphatic carbocycles. The van der Waals surface area contributed by atoms with Crippen LogP contribution in [0.1, 0.15) is 17.5 Å². The standard InChI is InChI=1S/C13H14S2/c1-11-4-2-5-12(10-11)6-7-13-14-8-3-9-15-13/h2,4-5,10,13H,3,8-9H2,1H3. The van der Waals surface area contributed by atoms with Gasteiger partial charge in [0.2, 0.25) is 0 Å². The van der Waals surface area contributed by atoms with Gasteiger partial charge in [-0.15, -0.1) is 23.5 Å². The van der Waals surface area contributed by atoms with Crippen molar-refractivity contribution in [1.82, 2.24) is 0 Å². The predicted octanol–water partition coefficient (Wildman–Crippen LogP) is 3.54. The maximum absolute atomic E-state index is 3.34. The molecule has 2 heteroatoms. The number of aryl methyl sites for hydroxylation is 1. The first-order chi connectivity index (χ1) is 7.34. The molecule has 1 aliphatic heterocycles. The van der Waals surface area contributed by atoms with Crippen LogP contribution in [0.2, 0.25) is 0 Å². The molecular weight excluding hydrogens is 220 g/mol. The molecule has 0 N–H and O–H groups in total. The van der Waals surface area contributed by atoms with Gasteiger partial charge in [0.15, 0.2) is 0 Å². The van der Waals surface area contributed by atoms with Crippen LogP contribution < -0.4 is 0 Å². The molecule has 1 aliphatic rings. The second-order valence-corrected chi connectivity index (χ2v) is 6.29. The Bertz CT molecular complexity index is 381. The zero-order valence-electron chi connectivity index (χ0n) is 8.82. The highest BCUT2D eigenvalue weighted by Crippen LogP contribution is 2.29. The lowest BCUT2D eigenvalue weighted by molar-refractivity contribution is 1.11. The molecule has 1 saturated heterocycles. The summed E-state index contributed by atoms with van der Waals surface area (Å²) < 4.78 is 0.485. The SMILES string of the molecule is Cc1cccc(C#CC2SCCCS2)c1. The maximum Gasteiger partial charge on any atom is 0.111 e. The fourth-order valence-electron chi connectivity index (χ4n) is 1.44. The third kappa shape index (κ3) is 3.52. The lowest BCUT2D eigenvalue weighted by atomic mass is 10.1. The molecule has 0 saturated carbocycles. The Hall–Kier alpha value is -0.520. The first kappa shape index (κ1) is 11.0. The zero-order chi connectivity index (χ0) is 10.5.